The van der Waals surface area contributed by atoms with E-state index in [1.807, 2.05) is 30.5 Å². The average Bonchev–Trinajstić information content (AvgIpc) is 2.35. The molecule has 106 valence electrons. The number of Topliss-reactive ketones (excluding diaryl/α,β-unsaturated/α-hetero) is 1. The third-order valence-corrected chi connectivity index (χ3v) is 3.46. The quantitative estimate of drug-likeness (QED) is 0.740. The van der Waals surface area contributed by atoms with Crippen molar-refractivity contribution in [3.8, 4) is 0 Å². The van der Waals surface area contributed by atoms with Crippen LogP contribution in [0.1, 0.15) is 50.9 Å². The maximum absolute atomic E-state index is 12.5. The number of rotatable bonds is 4. The van der Waals surface area contributed by atoms with Crippen molar-refractivity contribution >= 4 is 16.6 Å². The van der Waals surface area contributed by atoms with Crippen LogP contribution in [0.5, 0.6) is 0 Å². The van der Waals surface area contributed by atoms with E-state index in [4.69, 9.17) is 0 Å². The van der Waals surface area contributed by atoms with Crippen molar-refractivity contribution in [1.29, 1.82) is 0 Å². The highest BCUT2D eigenvalue weighted by atomic mass is 16.1. The monoisotopic (exact) mass is 269 g/mol. The zero-order chi connectivity index (χ0) is 14.8. The molecule has 0 aliphatic rings. The van der Waals surface area contributed by atoms with Crippen molar-refractivity contribution < 1.29 is 4.79 Å². The molecule has 2 nitrogen and oxygen atoms in total. The Bertz CT molecular complexity index is 605. The second kappa shape index (κ2) is 5.74. The average molecular weight is 269 g/mol. The molecule has 0 aliphatic heterocycles. The second-order valence-electron chi connectivity index (χ2n) is 6.91. The number of fused-ring (bicyclic) bond motifs is 1. The van der Waals surface area contributed by atoms with Gasteiger partial charge in [-0.1, -0.05) is 52.0 Å². The summed E-state index contributed by atoms with van der Waals surface area (Å²) in [5.74, 6) is 0.590. The summed E-state index contributed by atoms with van der Waals surface area (Å²) in [6, 6.07) is 7.94. The summed E-state index contributed by atoms with van der Waals surface area (Å²) in [5, 5.41) is 2.04. The van der Waals surface area contributed by atoms with Gasteiger partial charge in [0.1, 0.15) is 0 Å². The van der Waals surface area contributed by atoms with Gasteiger partial charge in [0.15, 0.2) is 5.78 Å². The molecule has 0 bridgehead atoms. The van der Waals surface area contributed by atoms with Crippen LogP contribution in [0.15, 0.2) is 36.7 Å². The first-order valence-corrected chi connectivity index (χ1v) is 7.23. The molecule has 0 spiro atoms. The van der Waals surface area contributed by atoms with Crippen molar-refractivity contribution in [1.82, 2.24) is 4.98 Å². The first kappa shape index (κ1) is 14.7. The predicted octanol–water partition coefficient (Wildman–Crippen LogP) is 4.88. The van der Waals surface area contributed by atoms with Crippen LogP contribution in [0.2, 0.25) is 0 Å². The molecule has 2 rings (SSSR count). The zero-order valence-electron chi connectivity index (χ0n) is 12.8. The fourth-order valence-electron chi connectivity index (χ4n) is 2.88. The Labute approximate surface area is 121 Å². The van der Waals surface area contributed by atoms with Crippen molar-refractivity contribution in [2.45, 2.75) is 40.5 Å². The maximum atomic E-state index is 12.5. The minimum absolute atomic E-state index is 0.200. The van der Waals surface area contributed by atoms with Gasteiger partial charge in [0.2, 0.25) is 0 Å². The summed E-state index contributed by atoms with van der Waals surface area (Å²) in [6.45, 7) is 8.80. The Balaban J connectivity index is 2.20. The molecule has 2 heteroatoms. The van der Waals surface area contributed by atoms with Gasteiger partial charge in [-0.15, -0.1) is 0 Å². The number of carbonyl (C=O) groups is 1. The van der Waals surface area contributed by atoms with Crippen LogP contribution >= 0.6 is 0 Å². The minimum Gasteiger partial charge on any atom is -0.294 e. The predicted molar refractivity (Wildman–Crippen MR) is 83.9 cm³/mol. The van der Waals surface area contributed by atoms with Gasteiger partial charge in [-0.3, -0.25) is 9.78 Å². The third-order valence-electron chi connectivity index (χ3n) is 3.46. The van der Waals surface area contributed by atoms with Crippen molar-refractivity contribution in [3.05, 3.63) is 42.2 Å². The standard InChI is InChI=1S/C18H23NO/c1-13(10-18(2,3)4)9-17(20)16-12-19-11-14-7-5-6-8-15(14)16/h5-8,11-13H,9-10H2,1-4H3. The summed E-state index contributed by atoms with van der Waals surface area (Å²) < 4.78 is 0. The molecule has 0 fully saturated rings. The van der Waals surface area contributed by atoms with Crippen LogP contribution in [-0.4, -0.2) is 10.8 Å². The Kier molecular flexibility index (Phi) is 4.22. The summed E-state index contributed by atoms with van der Waals surface area (Å²) in [6.07, 6.45) is 5.16. The smallest absolute Gasteiger partial charge is 0.165 e. The topological polar surface area (TPSA) is 30.0 Å². The number of carbonyl (C=O) groups excluding carboxylic acids is 1. The van der Waals surface area contributed by atoms with Gasteiger partial charge in [-0.05, 0) is 23.1 Å². The largest absolute Gasteiger partial charge is 0.294 e. The molecule has 0 aliphatic carbocycles. The van der Waals surface area contributed by atoms with Crippen molar-refractivity contribution in [2.24, 2.45) is 11.3 Å². The number of pyridine rings is 1. The van der Waals surface area contributed by atoms with E-state index >= 15 is 0 Å². The molecule has 1 unspecified atom stereocenters. The van der Waals surface area contributed by atoms with Crippen LogP contribution in [0.3, 0.4) is 0 Å². The zero-order valence-corrected chi connectivity index (χ0v) is 12.8. The fraction of sp³-hybridized carbons (Fsp3) is 0.444. The Morgan fingerprint density at radius 3 is 2.60 bits per heavy atom. The number of ketones is 1. The van der Waals surface area contributed by atoms with Gasteiger partial charge >= 0.3 is 0 Å². The molecule has 1 atom stereocenters. The molecule has 1 heterocycles. The van der Waals surface area contributed by atoms with E-state index in [0.29, 0.717) is 12.3 Å². The molecule has 0 amide bonds. The van der Waals surface area contributed by atoms with Gasteiger partial charge in [-0.2, -0.15) is 0 Å². The van der Waals surface area contributed by atoms with E-state index in [9.17, 15) is 4.79 Å². The molecule has 0 saturated carbocycles. The normalized spacial score (nSPS) is 13.4. The Morgan fingerprint density at radius 1 is 1.20 bits per heavy atom. The molecular weight excluding hydrogens is 246 g/mol. The van der Waals surface area contributed by atoms with Crippen LogP contribution in [0.25, 0.3) is 10.8 Å². The van der Waals surface area contributed by atoms with E-state index < -0.39 is 0 Å². The highest BCUT2D eigenvalue weighted by Crippen LogP contribution is 2.27. The Hall–Kier alpha value is -1.70. The number of nitrogens with zero attached hydrogens (tertiary/aromatic N) is 1. The van der Waals surface area contributed by atoms with Crippen LogP contribution in [-0.2, 0) is 0 Å². The molecule has 0 radical (unpaired) electrons. The van der Waals surface area contributed by atoms with Gasteiger partial charge in [0, 0.05) is 29.8 Å². The SMILES string of the molecule is CC(CC(=O)c1cncc2ccccc12)CC(C)(C)C. The lowest BCUT2D eigenvalue weighted by atomic mass is 9.83. The van der Waals surface area contributed by atoms with E-state index in [2.05, 4.69) is 32.7 Å². The molecule has 2 aromatic rings. The van der Waals surface area contributed by atoms with E-state index in [0.717, 1.165) is 22.8 Å². The highest BCUT2D eigenvalue weighted by molar-refractivity contribution is 6.07. The van der Waals surface area contributed by atoms with Crippen LogP contribution in [0.4, 0.5) is 0 Å². The number of hydrogen-bond donors (Lipinski definition) is 0. The first-order chi connectivity index (χ1) is 9.37. The summed E-state index contributed by atoms with van der Waals surface area (Å²) in [7, 11) is 0. The van der Waals surface area contributed by atoms with E-state index in [-0.39, 0.29) is 11.2 Å². The highest BCUT2D eigenvalue weighted by Gasteiger charge is 2.19. The molecule has 1 aromatic carbocycles. The maximum Gasteiger partial charge on any atom is 0.165 e. The number of benzene rings is 1. The Morgan fingerprint density at radius 2 is 1.90 bits per heavy atom. The fourth-order valence-corrected chi connectivity index (χ4v) is 2.88. The van der Waals surface area contributed by atoms with Gasteiger partial charge < -0.3 is 0 Å². The minimum atomic E-state index is 0.200. The van der Waals surface area contributed by atoms with E-state index in [1.165, 1.54) is 0 Å². The van der Waals surface area contributed by atoms with Gasteiger partial charge in [0.25, 0.3) is 0 Å². The first-order valence-electron chi connectivity index (χ1n) is 7.23. The summed E-state index contributed by atoms with van der Waals surface area (Å²) in [4.78, 5) is 16.7. The number of hydrogen-bond acceptors (Lipinski definition) is 2. The third kappa shape index (κ3) is 3.66. The molecule has 0 N–H and O–H groups in total. The summed E-state index contributed by atoms with van der Waals surface area (Å²) >= 11 is 0. The molecule has 0 saturated heterocycles. The van der Waals surface area contributed by atoms with Crippen LogP contribution < -0.4 is 0 Å². The van der Waals surface area contributed by atoms with E-state index in [1.54, 1.807) is 6.20 Å². The summed E-state index contributed by atoms with van der Waals surface area (Å²) in [5.41, 5.74) is 1.01. The molecular formula is C18H23NO. The van der Waals surface area contributed by atoms with Gasteiger partial charge in [-0.25, -0.2) is 0 Å². The van der Waals surface area contributed by atoms with Crippen molar-refractivity contribution in [2.75, 3.05) is 0 Å². The lowest BCUT2D eigenvalue weighted by Gasteiger charge is -2.22. The second-order valence-corrected chi connectivity index (χ2v) is 6.91. The van der Waals surface area contributed by atoms with Gasteiger partial charge in [0.05, 0.1) is 0 Å². The molecule has 20 heavy (non-hydrogen) atoms. The van der Waals surface area contributed by atoms with Crippen molar-refractivity contribution in [3.63, 3.8) is 0 Å². The lowest BCUT2D eigenvalue weighted by Crippen LogP contribution is -2.14. The number of aromatic nitrogens is 1. The molecule has 1 aromatic heterocycles. The lowest BCUT2D eigenvalue weighted by molar-refractivity contribution is 0.0955. The van der Waals surface area contributed by atoms with Crippen LogP contribution in [0, 0.1) is 11.3 Å².